The summed E-state index contributed by atoms with van der Waals surface area (Å²) in [7, 11) is 0. The molecule has 0 saturated carbocycles. The zero-order valence-corrected chi connectivity index (χ0v) is 21.3. The van der Waals surface area contributed by atoms with Gasteiger partial charge in [0, 0.05) is 32.0 Å². The van der Waals surface area contributed by atoms with E-state index in [4.69, 9.17) is 9.47 Å². The van der Waals surface area contributed by atoms with E-state index in [0.717, 1.165) is 48.2 Å². The predicted octanol–water partition coefficient (Wildman–Crippen LogP) is 3.54. The van der Waals surface area contributed by atoms with Crippen LogP contribution in [0, 0.1) is 0 Å². The molecule has 1 saturated heterocycles. The maximum absolute atomic E-state index is 12.8. The van der Waals surface area contributed by atoms with E-state index in [-0.39, 0.29) is 24.4 Å². The lowest BCUT2D eigenvalue weighted by molar-refractivity contribution is -0.143. The Labute approximate surface area is 217 Å². The van der Waals surface area contributed by atoms with Gasteiger partial charge in [-0.1, -0.05) is 43.2 Å². The van der Waals surface area contributed by atoms with Crippen LogP contribution < -0.4 is 10.1 Å². The number of aliphatic imine (C=N–C) groups is 1. The normalized spacial score (nSPS) is 13.8. The molecular formula is C28H34N4O5. The summed E-state index contributed by atoms with van der Waals surface area (Å²) in [5.41, 5.74) is 2.96. The standard InChI is InChI=1S/C28H34N4O5/c1-21(33)36-16-14-31(18-22-9-5-4-6-10-22)27(35)11-7-2-3-8-15-37-24-12-13-25-23(17-24)19-32-20-26(34)30-28(32)29-25/h4-6,9-10,12-13,17H,2-3,7-8,11,14-16,18-20H2,1H3,(H,29,30,34). The number of carbonyl (C=O) groups is 3. The van der Waals surface area contributed by atoms with Crippen molar-refractivity contribution in [2.75, 3.05) is 26.3 Å². The Morgan fingerprint density at radius 3 is 2.65 bits per heavy atom. The van der Waals surface area contributed by atoms with Crippen LogP contribution in [0.5, 0.6) is 5.75 Å². The van der Waals surface area contributed by atoms with Crippen LogP contribution in [0.15, 0.2) is 53.5 Å². The van der Waals surface area contributed by atoms with Crippen LogP contribution in [-0.4, -0.2) is 59.8 Å². The average molecular weight is 507 g/mol. The Kier molecular flexibility index (Phi) is 9.13. The molecule has 2 aliphatic rings. The molecule has 1 fully saturated rings. The van der Waals surface area contributed by atoms with E-state index < -0.39 is 0 Å². The van der Waals surface area contributed by atoms with E-state index in [1.54, 1.807) is 4.90 Å². The molecule has 2 aromatic rings. The molecule has 0 atom stereocenters. The summed E-state index contributed by atoms with van der Waals surface area (Å²) in [5.74, 6) is 1.12. The third-order valence-electron chi connectivity index (χ3n) is 6.31. The van der Waals surface area contributed by atoms with Crippen molar-refractivity contribution in [2.45, 2.75) is 52.1 Å². The van der Waals surface area contributed by atoms with Gasteiger partial charge in [-0.25, -0.2) is 4.99 Å². The van der Waals surface area contributed by atoms with E-state index >= 15 is 0 Å². The SMILES string of the molecule is CC(=O)OCCN(Cc1ccccc1)C(=O)CCCCCCOc1ccc2c(c1)CN1CC(=O)NC1=N2. The molecule has 196 valence electrons. The van der Waals surface area contributed by atoms with Crippen molar-refractivity contribution in [1.82, 2.24) is 15.1 Å². The Morgan fingerprint density at radius 1 is 1.03 bits per heavy atom. The van der Waals surface area contributed by atoms with Crippen molar-refractivity contribution in [3.8, 4) is 5.75 Å². The van der Waals surface area contributed by atoms with Gasteiger partial charge in [0.15, 0.2) is 0 Å². The highest BCUT2D eigenvalue weighted by Crippen LogP contribution is 2.30. The van der Waals surface area contributed by atoms with E-state index in [2.05, 4.69) is 10.3 Å². The number of rotatable bonds is 13. The smallest absolute Gasteiger partial charge is 0.302 e. The van der Waals surface area contributed by atoms with Gasteiger partial charge in [-0.15, -0.1) is 0 Å². The van der Waals surface area contributed by atoms with Crippen molar-refractivity contribution < 1.29 is 23.9 Å². The summed E-state index contributed by atoms with van der Waals surface area (Å²) in [5, 5.41) is 2.77. The molecule has 0 aliphatic carbocycles. The molecule has 37 heavy (non-hydrogen) atoms. The van der Waals surface area contributed by atoms with Gasteiger partial charge in [0.05, 0.1) is 18.8 Å². The summed E-state index contributed by atoms with van der Waals surface area (Å²) in [4.78, 5) is 43.7. The van der Waals surface area contributed by atoms with E-state index in [1.165, 1.54) is 6.92 Å². The second kappa shape index (κ2) is 12.9. The molecule has 1 N–H and O–H groups in total. The number of nitrogens with zero attached hydrogens (tertiary/aromatic N) is 3. The third-order valence-corrected chi connectivity index (χ3v) is 6.31. The number of benzene rings is 2. The first kappa shape index (κ1) is 26.2. The number of ether oxygens (including phenoxy) is 2. The average Bonchev–Trinajstić information content (AvgIpc) is 3.25. The minimum atomic E-state index is -0.340. The quantitative estimate of drug-likeness (QED) is 0.330. The van der Waals surface area contributed by atoms with Crippen LogP contribution in [0.3, 0.4) is 0 Å². The first-order valence-electron chi connectivity index (χ1n) is 12.8. The van der Waals surface area contributed by atoms with Crippen LogP contribution in [0.2, 0.25) is 0 Å². The molecule has 2 heterocycles. The molecule has 4 rings (SSSR count). The number of fused-ring (bicyclic) bond motifs is 2. The fourth-order valence-corrected chi connectivity index (χ4v) is 4.40. The molecule has 2 aliphatic heterocycles. The number of guanidine groups is 1. The predicted molar refractivity (Wildman–Crippen MR) is 139 cm³/mol. The molecule has 0 aromatic heterocycles. The van der Waals surface area contributed by atoms with Gasteiger partial charge in [0.2, 0.25) is 17.8 Å². The fourth-order valence-electron chi connectivity index (χ4n) is 4.40. The number of carbonyl (C=O) groups excluding carboxylic acids is 3. The highest BCUT2D eigenvalue weighted by Gasteiger charge is 2.29. The van der Waals surface area contributed by atoms with Gasteiger partial charge in [0.1, 0.15) is 18.9 Å². The van der Waals surface area contributed by atoms with Crippen molar-refractivity contribution in [2.24, 2.45) is 4.99 Å². The molecular weight excluding hydrogens is 472 g/mol. The lowest BCUT2D eigenvalue weighted by Crippen LogP contribution is -2.33. The molecule has 9 heteroatoms. The maximum atomic E-state index is 12.8. The summed E-state index contributed by atoms with van der Waals surface area (Å²) >= 11 is 0. The molecule has 9 nitrogen and oxygen atoms in total. The zero-order chi connectivity index (χ0) is 26.0. The molecule has 0 unspecified atom stereocenters. The fraction of sp³-hybridized carbons (Fsp3) is 0.429. The Balaban J connectivity index is 1.14. The largest absolute Gasteiger partial charge is 0.494 e. The van der Waals surface area contributed by atoms with Crippen LogP contribution in [-0.2, 0) is 32.2 Å². The van der Waals surface area contributed by atoms with Gasteiger partial charge < -0.3 is 19.3 Å². The van der Waals surface area contributed by atoms with Gasteiger partial charge in [-0.2, -0.15) is 0 Å². The van der Waals surface area contributed by atoms with Crippen LogP contribution in [0.1, 0.15) is 50.2 Å². The zero-order valence-electron chi connectivity index (χ0n) is 21.3. The van der Waals surface area contributed by atoms with Crippen molar-refractivity contribution in [3.05, 3.63) is 59.7 Å². The number of nitrogens with one attached hydrogen (secondary N) is 1. The van der Waals surface area contributed by atoms with Gasteiger partial charge >= 0.3 is 5.97 Å². The van der Waals surface area contributed by atoms with Crippen LogP contribution in [0.4, 0.5) is 5.69 Å². The Hall–Kier alpha value is -3.88. The molecule has 2 aromatic carbocycles. The topological polar surface area (TPSA) is 101 Å². The minimum absolute atomic E-state index is 0.0318. The van der Waals surface area contributed by atoms with E-state index in [0.29, 0.717) is 45.2 Å². The molecule has 0 bridgehead atoms. The van der Waals surface area contributed by atoms with Crippen molar-refractivity contribution >= 4 is 29.4 Å². The summed E-state index contributed by atoms with van der Waals surface area (Å²) in [6.07, 6.45) is 4.09. The highest BCUT2D eigenvalue weighted by molar-refractivity contribution is 6.05. The first-order valence-corrected chi connectivity index (χ1v) is 12.8. The summed E-state index contributed by atoms with van der Waals surface area (Å²) < 4.78 is 11.0. The van der Waals surface area contributed by atoms with E-state index in [1.807, 2.05) is 53.4 Å². The van der Waals surface area contributed by atoms with Crippen molar-refractivity contribution in [3.63, 3.8) is 0 Å². The number of hydrogen-bond acceptors (Lipinski definition) is 7. The van der Waals surface area contributed by atoms with Crippen molar-refractivity contribution in [1.29, 1.82) is 0 Å². The number of hydrogen-bond donors (Lipinski definition) is 1. The second-order valence-corrected chi connectivity index (χ2v) is 9.28. The Bertz CT molecular complexity index is 1130. The molecule has 0 radical (unpaired) electrons. The maximum Gasteiger partial charge on any atom is 0.302 e. The Morgan fingerprint density at radius 2 is 1.84 bits per heavy atom. The number of esters is 1. The number of unbranched alkanes of at least 4 members (excludes halogenated alkanes) is 3. The third kappa shape index (κ3) is 7.80. The lowest BCUT2D eigenvalue weighted by atomic mass is 10.1. The molecule has 2 amide bonds. The van der Waals surface area contributed by atoms with Gasteiger partial charge in [0.25, 0.3) is 0 Å². The van der Waals surface area contributed by atoms with Gasteiger partial charge in [-0.3, -0.25) is 19.7 Å². The van der Waals surface area contributed by atoms with Gasteiger partial charge in [-0.05, 0) is 36.6 Å². The highest BCUT2D eigenvalue weighted by atomic mass is 16.5. The second-order valence-electron chi connectivity index (χ2n) is 9.28. The summed E-state index contributed by atoms with van der Waals surface area (Å²) in [6.45, 7) is 4.05. The van der Waals surface area contributed by atoms with E-state index in [9.17, 15) is 14.4 Å². The lowest BCUT2D eigenvalue weighted by Gasteiger charge is -2.23. The molecule has 0 spiro atoms. The first-order chi connectivity index (χ1) is 18.0. The number of amides is 2. The monoisotopic (exact) mass is 506 g/mol. The van der Waals surface area contributed by atoms with Crippen LogP contribution in [0.25, 0.3) is 0 Å². The minimum Gasteiger partial charge on any atom is -0.494 e. The summed E-state index contributed by atoms with van der Waals surface area (Å²) in [6, 6.07) is 15.7. The van der Waals surface area contributed by atoms with Crippen LogP contribution >= 0.6 is 0 Å².